The van der Waals surface area contributed by atoms with Crippen molar-refractivity contribution in [2.45, 2.75) is 38.0 Å². The number of thiazole rings is 1. The van der Waals surface area contributed by atoms with Crippen molar-refractivity contribution in [3.8, 4) is 11.4 Å². The lowest BCUT2D eigenvalue weighted by Gasteiger charge is -2.23. The van der Waals surface area contributed by atoms with Gasteiger partial charge in [-0.2, -0.15) is 0 Å². The Hall–Kier alpha value is -2.42. The Labute approximate surface area is 200 Å². The summed E-state index contributed by atoms with van der Waals surface area (Å²) in [5.41, 5.74) is 1.92. The topological polar surface area (TPSA) is 63.9 Å². The van der Waals surface area contributed by atoms with E-state index in [2.05, 4.69) is 27.8 Å². The summed E-state index contributed by atoms with van der Waals surface area (Å²) < 4.78 is 3.20. The third-order valence-corrected chi connectivity index (χ3v) is 7.64. The molecule has 0 radical (unpaired) electrons. The van der Waals surface area contributed by atoms with Gasteiger partial charge >= 0.3 is 0 Å². The molecule has 0 unspecified atom stereocenters. The number of para-hydroxylation sites is 1. The molecule has 1 amide bonds. The summed E-state index contributed by atoms with van der Waals surface area (Å²) in [5.74, 6) is 1.10. The number of carbonyl (C=O) groups is 1. The van der Waals surface area contributed by atoms with Crippen LogP contribution in [0, 0.1) is 0 Å². The number of amides is 1. The molecule has 0 aliphatic heterocycles. The summed E-state index contributed by atoms with van der Waals surface area (Å²) in [6, 6.07) is 15.5. The molecule has 4 rings (SSSR count). The fourth-order valence-corrected chi connectivity index (χ4v) is 5.39. The predicted molar refractivity (Wildman–Crippen MR) is 132 cm³/mol. The van der Waals surface area contributed by atoms with Gasteiger partial charge in [-0.15, -0.1) is 21.5 Å². The molecule has 6 nitrogen and oxygen atoms in total. The smallest absolute Gasteiger partial charge is 0.233 e. The second-order valence-electron chi connectivity index (χ2n) is 7.45. The third kappa shape index (κ3) is 4.82. The fraction of sp³-hybridized carbons (Fsp3) is 0.304. The van der Waals surface area contributed by atoms with E-state index in [4.69, 9.17) is 16.6 Å². The molecule has 0 aliphatic rings. The largest absolute Gasteiger partial charge is 0.336 e. The Kier molecular flexibility index (Phi) is 7.13. The summed E-state index contributed by atoms with van der Waals surface area (Å²) in [6.07, 6.45) is 0.939. The van der Waals surface area contributed by atoms with Gasteiger partial charge in [0.1, 0.15) is 5.01 Å². The first-order chi connectivity index (χ1) is 15.5. The number of nitrogens with zero attached hydrogens (tertiary/aromatic N) is 5. The zero-order valence-corrected chi connectivity index (χ0v) is 20.5. The fourth-order valence-electron chi connectivity index (χ4n) is 3.31. The van der Waals surface area contributed by atoms with Gasteiger partial charge in [0.25, 0.3) is 0 Å². The molecule has 0 spiro atoms. The molecule has 9 heteroatoms. The van der Waals surface area contributed by atoms with Crippen LogP contribution in [0.1, 0.15) is 31.3 Å². The van der Waals surface area contributed by atoms with Crippen LogP contribution >= 0.6 is 34.7 Å². The first-order valence-electron chi connectivity index (χ1n) is 10.4. The minimum atomic E-state index is -0.0985. The summed E-state index contributed by atoms with van der Waals surface area (Å²) >= 11 is 9.06. The number of halogens is 1. The number of hydrogen-bond acceptors (Lipinski definition) is 6. The van der Waals surface area contributed by atoms with Crippen LogP contribution in [0.3, 0.4) is 0 Å². The van der Waals surface area contributed by atoms with E-state index < -0.39 is 0 Å². The molecule has 2 aromatic carbocycles. The summed E-state index contributed by atoms with van der Waals surface area (Å²) in [4.78, 5) is 19.4. The number of benzene rings is 2. The molecule has 4 aromatic rings. The maximum atomic E-state index is 12.9. The molecule has 1 atom stereocenters. The van der Waals surface area contributed by atoms with E-state index in [9.17, 15) is 4.79 Å². The maximum Gasteiger partial charge on any atom is 0.233 e. The standard InChI is InChI=1S/C23H24ClN5OS2/c1-4-13-29-21(16-9-11-17(24)12-10-16)26-27-23(29)31-14-20(30)28(3)15(2)22-25-18-7-5-6-8-19(18)32-22/h5-12,15H,4,13-14H2,1-3H3/t15-/m0/s1. The molecule has 0 aliphatic carbocycles. The SMILES string of the molecule is CCCn1c(SCC(=O)N(C)[C@@H](C)c2nc3ccccc3s2)nnc1-c1ccc(Cl)cc1. The number of hydrogen-bond donors (Lipinski definition) is 0. The monoisotopic (exact) mass is 485 g/mol. The lowest BCUT2D eigenvalue weighted by Crippen LogP contribution is -2.31. The van der Waals surface area contributed by atoms with Gasteiger partial charge in [-0.05, 0) is 49.7 Å². The van der Waals surface area contributed by atoms with Gasteiger partial charge in [-0.3, -0.25) is 4.79 Å². The number of carbonyl (C=O) groups excluding carboxylic acids is 1. The van der Waals surface area contributed by atoms with Gasteiger partial charge in [-0.1, -0.05) is 42.4 Å². The summed E-state index contributed by atoms with van der Waals surface area (Å²) in [5, 5.41) is 11.1. The molecule has 32 heavy (non-hydrogen) atoms. The third-order valence-electron chi connectivity index (χ3n) is 5.23. The molecule has 0 saturated carbocycles. The van der Waals surface area contributed by atoms with Crippen LogP contribution in [-0.4, -0.2) is 43.4 Å². The average molecular weight is 486 g/mol. The van der Waals surface area contributed by atoms with Crippen molar-refractivity contribution in [2.24, 2.45) is 0 Å². The molecule has 0 fully saturated rings. The van der Waals surface area contributed by atoms with Crippen molar-refractivity contribution in [2.75, 3.05) is 12.8 Å². The van der Waals surface area contributed by atoms with Crippen molar-refractivity contribution in [1.29, 1.82) is 0 Å². The lowest BCUT2D eigenvalue weighted by molar-refractivity contribution is -0.128. The minimum Gasteiger partial charge on any atom is -0.336 e. The molecule has 2 heterocycles. The van der Waals surface area contributed by atoms with E-state index in [0.717, 1.165) is 44.7 Å². The Morgan fingerprint density at radius 1 is 1.19 bits per heavy atom. The van der Waals surface area contributed by atoms with Gasteiger partial charge in [0.15, 0.2) is 11.0 Å². The molecule has 2 aromatic heterocycles. The van der Waals surface area contributed by atoms with Gasteiger partial charge in [0.05, 0.1) is 22.0 Å². The van der Waals surface area contributed by atoms with Crippen LogP contribution in [0.5, 0.6) is 0 Å². The first-order valence-corrected chi connectivity index (χ1v) is 12.6. The second kappa shape index (κ2) is 10.0. The Morgan fingerprint density at radius 2 is 1.94 bits per heavy atom. The lowest BCUT2D eigenvalue weighted by atomic mass is 10.2. The van der Waals surface area contributed by atoms with Crippen molar-refractivity contribution in [3.63, 3.8) is 0 Å². The second-order valence-corrected chi connectivity index (χ2v) is 9.89. The normalized spacial score (nSPS) is 12.2. The molecule has 0 N–H and O–H groups in total. The van der Waals surface area contributed by atoms with Gasteiger partial charge < -0.3 is 9.47 Å². The van der Waals surface area contributed by atoms with Crippen LogP contribution in [0.25, 0.3) is 21.6 Å². The van der Waals surface area contributed by atoms with Crippen LogP contribution in [0.2, 0.25) is 5.02 Å². The van der Waals surface area contributed by atoms with Crippen LogP contribution in [0.15, 0.2) is 53.7 Å². The number of thioether (sulfide) groups is 1. The first kappa shape index (κ1) is 22.8. The van der Waals surface area contributed by atoms with E-state index in [1.807, 2.05) is 56.4 Å². The number of aromatic nitrogens is 4. The van der Waals surface area contributed by atoms with E-state index >= 15 is 0 Å². The zero-order valence-electron chi connectivity index (χ0n) is 18.2. The van der Waals surface area contributed by atoms with Crippen LogP contribution in [0.4, 0.5) is 0 Å². The van der Waals surface area contributed by atoms with E-state index in [-0.39, 0.29) is 17.7 Å². The quantitative estimate of drug-likeness (QED) is 0.289. The highest BCUT2D eigenvalue weighted by Gasteiger charge is 2.22. The van der Waals surface area contributed by atoms with Gasteiger partial charge in [0, 0.05) is 24.2 Å². The Bertz CT molecular complexity index is 1190. The molecule has 0 saturated heterocycles. The molecule has 166 valence electrons. The molecular weight excluding hydrogens is 462 g/mol. The Balaban J connectivity index is 1.46. The van der Waals surface area contributed by atoms with Gasteiger partial charge in [-0.25, -0.2) is 4.98 Å². The number of rotatable bonds is 8. The zero-order chi connectivity index (χ0) is 22.7. The average Bonchev–Trinajstić information content (AvgIpc) is 3.41. The maximum absolute atomic E-state index is 12.9. The predicted octanol–water partition coefficient (Wildman–Crippen LogP) is 5.93. The highest BCUT2D eigenvalue weighted by Crippen LogP contribution is 2.30. The van der Waals surface area contributed by atoms with Crippen molar-refractivity contribution >= 4 is 50.8 Å². The van der Waals surface area contributed by atoms with Crippen molar-refractivity contribution in [3.05, 3.63) is 58.6 Å². The van der Waals surface area contributed by atoms with Gasteiger partial charge in [0.2, 0.25) is 5.91 Å². The number of fused-ring (bicyclic) bond motifs is 1. The molecular formula is C23H24ClN5OS2. The minimum absolute atomic E-state index is 0.0286. The van der Waals surface area contributed by atoms with E-state index in [1.54, 1.807) is 16.2 Å². The van der Waals surface area contributed by atoms with E-state index in [1.165, 1.54) is 11.8 Å². The highest BCUT2D eigenvalue weighted by atomic mass is 35.5. The highest BCUT2D eigenvalue weighted by molar-refractivity contribution is 7.99. The van der Waals surface area contributed by atoms with Crippen LogP contribution < -0.4 is 0 Å². The van der Waals surface area contributed by atoms with Crippen molar-refractivity contribution < 1.29 is 4.79 Å². The summed E-state index contributed by atoms with van der Waals surface area (Å²) in [6.45, 7) is 4.90. The van der Waals surface area contributed by atoms with E-state index in [0.29, 0.717) is 5.02 Å². The summed E-state index contributed by atoms with van der Waals surface area (Å²) in [7, 11) is 1.83. The molecule has 0 bridgehead atoms. The Morgan fingerprint density at radius 3 is 2.66 bits per heavy atom. The van der Waals surface area contributed by atoms with Crippen molar-refractivity contribution in [1.82, 2.24) is 24.6 Å². The van der Waals surface area contributed by atoms with Crippen LogP contribution in [-0.2, 0) is 11.3 Å².